The van der Waals surface area contributed by atoms with E-state index in [4.69, 9.17) is 4.84 Å². The maximum atomic E-state index is 10.9. The van der Waals surface area contributed by atoms with E-state index in [1.54, 1.807) is 0 Å². The van der Waals surface area contributed by atoms with Gasteiger partial charge in [0.05, 0.1) is 5.71 Å². The van der Waals surface area contributed by atoms with Crippen molar-refractivity contribution in [1.29, 1.82) is 0 Å². The number of oxime groups is 1. The van der Waals surface area contributed by atoms with Gasteiger partial charge in [-0.3, -0.25) is 0 Å². The van der Waals surface area contributed by atoms with Crippen LogP contribution in [0.2, 0.25) is 0 Å². The smallest absolute Gasteiger partial charge is 0.318 e. The summed E-state index contributed by atoms with van der Waals surface area (Å²) in [7, 11) is 0. The largest absolute Gasteiger partial charge is 0.331 e. The molecule has 0 aromatic heterocycles. The van der Waals surface area contributed by atoms with Gasteiger partial charge in [0, 0.05) is 6.92 Å². The van der Waals surface area contributed by atoms with Gasteiger partial charge in [-0.25, -0.2) is 4.79 Å². The molecule has 0 saturated carbocycles. The van der Waals surface area contributed by atoms with Crippen LogP contribution in [0, 0.1) is 5.92 Å². The number of rotatable bonds is 4. The summed E-state index contributed by atoms with van der Waals surface area (Å²) in [4.78, 5) is 15.7. The molecular formula is C18H19NO2. The minimum Gasteiger partial charge on any atom is -0.318 e. The molecule has 0 fully saturated rings. The third-order valence-electron chi connectivity index (χ3n) is 3.11. The molecule has 0 aliphatic carbocycles. The monoisotopic (exact) mass is 281 g/mol. The second-order valence-electron chi connectivity index (χ2n) is 5.16. The van der Waals surface area contributed by atoms with Gasteiger partial charge in [-0.1, -0.05) is 73.6 Å². The fraction of sp³-hybridized carbons (Fsp3) is 0.222. The number of carbonyl (C=O) groups excluding carboxylic acids is 1. The van der Waals surface area contributed by atoms with Crippen LogP contribution in [0.3, 0.4) is 0 Å². The van der Waals surface area contributed by atoms with Crippen LogP contribution in [0.25, 0.3) is 11.1 Å². The highest BCUT2D eigenvalue weighted by Gasteiger charge is 2.10. The fourth-order valence-corrected chi connectivity index (χ4v) is 2.07. The Morgan fingerprint density at radius 1 is 0.952 bits per heavy atom. The first kappa shape index (κ1) is 15.0. The van der Waals surface area contributed by atoms with Gasteiger partial charge in [-0.2, -0.15) is 0 Å². The summed E-state index contributed by atoms with van der Waals surface area (Å²) >= 11 is 0. The molecule has 21 heavy (non-hydrogen) atoms. The van der Waals surface area contributed by atoms with E-state index in [2.05, 4.69) is 29.4 Å². The SMILES string of the molecule is CC(=O)O/N=C(/c1ccc(-c2ccccc2)cc1)C(C)C. The van der Waals surface area contributed by atoms with E-state index in [9.17, 15) is 4.79 Å². The van der Waals surface area contributed by atoms with Crippen LogP contribution in [0.1, 0.15) is 26.3 Å². The standard InChI is InChI=1S/C18H19NO2/c1-13(2)18(19-21-14(3)20)17-11-9-16(10-12-17)15-7-5-4-6-8-15/h4-13H,1-3H3/b19-18+. The molecule has 0 heterocycles. The summed E-state index contributed by atoms with van der Waals surface area (Å²) in [5.74, 6) is -0.235. The Morgan fingerprint density at radius 2 is 1.52 bits per heavy atom. The average Bonchev–Trinajstić information content (AvgIpc) is 2.48. The number of nitrogens with zero attached hydrogens (tertiary/aromatic N) is 1. The van der Waals surface area contributed by atoms with Crippen molar-refractivity contribution in [2.24, 2.45) is 11.1 Å². The number of benzene rings is 2. The van der Waals surface area contributed by atoms with Crippen LogP contribution >= 0.6 is 0 Å². The molecule has 2 aromatic rings. The second kappa shape index (κ2) is 6.84. The van der Waals surface area contributed by atoms with Crippen molar-refractivity contribution in [2.75, 3.05) is 0 Å². The highest BCUT2D eigenvalue weighted by Crippen LogP contribution is 2.20. The predicted molar refractivity (Wildman–Crippen MR) is 85.0 cm³/mol. The van der Waals surface area contributed by atoms with Crippen molar-refractivity contribution < 1.29 is 9.63 Å². The summed E-state index contributed by atoms with van der Waals surface area (Å²) in [6.07, 6.45) is 0. The van der Waals surface area contributed by atoms with E-state index in [0.29, 0.717) is 0 Å². The van der Waals surface area contributed by atoms with Crippen molar-refractivity contribution >= 4 is 11.7 Å². The van der Waals surface area contributed by atoms with E-state index < -0.39 is 5.97 Å². The van der Waals surface area contributed by atoms with Crippen molar-refractivity contribution in [3.8, 4) is 11.1 Å². The Labute approximate surface area is 125 Å². The van der Waals surface area contributed by atoms with Crippen LogP contribution in [-0.4, -0.2) is 11.7 Å². The predicted octanol–water partition coefficient (Wildman–Crippen LogP) is 4.28. The zero-order chi connectivity index (χ0) is 15.2. The summed E-state index contributed by atoms with van der Waals surface area (Å²) < 4.78 is 0. The van der Waals surface area contributed by atoms with E-state index in [0.717, 1.165) is 16.8 Å². The quantitative estimate of drug-likeness (QED) is 0.476. The zero-order valence-electron chi connectivity index (χ0n) is 12.5. The van der Waals surface area contributed by atoms with Gasteiger partial charge in [0.15, 0.2) is 0 Å². The van der Waals surface area contributed by atoms with Crippen LogP contribution in [0.4, 0.5) is 0 Å². The van der Waals surface area contributed by atoms with Crippen LogP contribution < -0.4 is 0 Å². The Kier molecular flexibility index (Phi) is 4.88. The molecule has 2 aromatic carbocycles. The lowest BCUT2D eigenvalue weighted by atomic mass is 9.97. The molecule has 0 aliphatic rings. The molecular weight excluding hydrogens is 262 g/mol. The Bertz CT molecular complexity index is 628. The van der Waals surface area contributed by atoms with Gasteiger partial charge in [0.2, 0.25) is 0 Å². The third-order valence-corrected chi connectivity index (χ3v) is 3.11. The summed E-state index contributed by atoms with van der Waals surface area (Å²) in [5, 5.41) is 3.96. The van der Waals surface area contributed by atoms with Gasteiger partial charge >= 0.3 is 5.97 Å². The Balaban J connectivity index is 2.28. The van der Waals surface area contributed by atoms with Crippen LogP contribution in [0.15, 0.2) is 59.8 Å². The first-order valence-corrected chi connectivity index (χ1v) is 6.99. The molecule has 0 spiro atoms. The van der Waals surface area contributed by atoms with E-state index in [-0.39, 0.29) is 5.92 Å². The Hall–Kier alpha value is -2.42. The summed E-state index contributed by atoms with van der Waals surface area (Å²) in [6, 6.07) is 18.3. The highest BCUT2D eigenvalue weighted by atomic mass is 16.7. The van der Waals surface area contributed by atoms with Crippen LogP contribution in [0.5, 0.6) is 0 Å². The lowest BCUT2D eigenvalue weighted by Gasteiger charge is -2.10. The minimum absolute atomic E-state index is 0.173. The molecule has 0 radical (unpaired) electrons. The van der Waals surface area contributed by atoms with E-state index in [1.807, 2.05) is 44.2 Å². The van der Waals surface area contributed by atoms with Crippen molar-refractivity contribution in [3.63, 3.8) is 0 Å². The van der Waals surface area contributed by atoms with Crippen LogP contribution in [-0.2, 0) is 9.63 Å². The molecule has 0 aliphatic heterocycles. The number of hydrogen-bond donors (Lipinski definition) is 0. The lowest BCUT2D eigenvalue weighted by molar-refractivity contribution is -0.140. The van der Waals surface area contributed by atoms with E-state index >= 15 is 0 Å². The molecule has 2 rings (SSSR count). The topological polar surface area (TPSA) is 38.7 Å². The number of hydrogen-bond acceptors (Lipinski definition) is 3. The average molecular weight is 281 g/mol. The van der Waals surface area contributed by atoms with Gasteiger partial charge < -0.3 is 4.84 Å². The van der Waals surface area contributed by atoms with Gasteiger partial charge in [-0.15, -0.1) is 0 Å². The number of carbonyl (C=O) groups is 1. The third kappa shape index (κ3) is 4.02. The lowest BCUT2D eigenvalue weighted by Crippen LogP contribution is -2.11. The maximum Gasteiger partial charge on any atom is 0.331 e. The molecule has 0 amide bonds. The molecule has 0 bridgehead atoms. The molecule has 0 unspecified atom stereocenters. The normalized spacial score (nSPS) is 11.5. The fourth-order valence-electron chi connectivity index (χ4n) is 2.07. The molecule has 3 heteroatoms. The second-order valence-corrected chi connectivity index (χ2v) is 5.16. The summed E-state index contributed by atoms with van der Waals surface area (Å²) in [6.45, 7) is 5.39. The minimum atomic E-state index is -0.408. The molecule has 0 N–H and O–H groups in total. The van der Waals surface area contributed by atoms with Gasteiger partial charge in [-0.05, 0) is 22.6 Å². The van der Waals surface area contributed by atoms with Crippen molar-refractivity contribution in [2.45, 2.75) is 20.8 Å². The molecule has 108 valence electrons. The zero-order valence-corrected chi connectivity index (χ0v) is 12.5. The molecule has 3 nitrogen and oxygen atoms in total. The molecule has 0 atom stereocenters. The highest BCUT2D eigenvalue weighted by molar-refractivity contribution is 6.02. The first-order valence-electron chi connectivity index (χ1n) is 6.99. The summed E-state index contributed by atoms with van der Waals surface area (Å²) in [5.41, 5.74) is 4.05. The van der Waals surface area contributed by atoms with Gasteiger partial charge in [0.1, 0.15) is 0 Å². The Morgan fingerprint density at radius 3 is 2.05 bits per heavy atom. The van der Waals surface area contributed by atoms with Gasteiger partial charge in [0.25, 0.3) is 0 Å². The first-order chi connectivity index (χ1) is 10.1. The maximum absolute atomic E-state index is 10.9. The van der Waals surface area contributed by atoms with Crippen molar-refractivity contribution in [1.82, 2.24) is 0 Å². The van der Waals surface area contributed by atoms with Crippen molar-refractivity contribution in [3.05, 3.63) is 60.2 Å². The van der Waals surface area contributed by atoms with E-state index in [1.165, 1.54) is 12.5 Å². The molecule has 0 saturated heterocycles.